The van der Waals surface area contributed by atoms with Gasteiger partial charge in [-0.2, -0.15) is 4.98 Å². The van der Waals surface area contributed by atoms with Gasteiger partial charge in [-0.15, -0.1) is 0 Å². The summed E-state index contributed by atoms with van der Waals surface area (Å²) < 4.78 is 5.42. The number of rotatable bonds is 6. The molecule has 2 aliphatic rings. The Balaban J connectivity index is 1.48. The van der Waals surface area contributed by atoms with Crippen molar-refractivity contribution in [1.29, 1.82) is 0 Å². The van der Waals surface area contributed by atoms with Gasteiger partial charge in [0.25, 0.3) is 0 Å². The zero-order valence-corrected chi connectivity index (χ0v) is 15.6. The second kappa shape index (κ2) is 8.79. The number of aromatic nitrogens is 2. The van der Waals surface area contributed by atoms with Crippen LogP contribution in [0.3, 0.4) is 0 Å². The van der Waals surface area contributed by atoms with E-state index < -0.39 is 0 Å². The first kappa shape index (κ1) is 18.4. The third-order valence-corrected chi connectivity index (χ3v) is 5.87. The van der Waals surface area contributed by atoms with Gasteiger partial charge in [0.05, 0.1) is 0 Å². The van der Waals surface area contributed by atoms with Gasteiger partial charge in [-0.05, 0) is 57.5 Å². The van der Waals surface area contributed by atoms with Crippen molar-refractivity contribution in [1.82, 2.24) is 20.8 Å². The molecule has 2 fully saturated rings. The van der Waals surface area contributed by atoms with Crippen LogP contribution in [0.4, 0.5) is 0 Å². The number of hydrogen-bond acceptors (Lipinski definition) is 5. The molecule has 2 N–H and O–H groups in total. The van der Waals surface area contributed by atoms with Gasteiger partial charge in [0.15, 0.2) is 5.82 Å². The van der Waals surface area contributed by atoms with E-state index in [4.69, 9.17) is 4.52 Å². The molecule has 1 saturated carbocycles. The molecular formula is C19H32N4O2. The maximum atomic E-state index is 12.4. The number of piperidine rings is 1. The lowest BCUT2D eigenvalue weighted by molar-refractivity contribution is -0.123. The summed E-state index contributed by atoms with van der Waals surface area (Å²) in [5.41, 5.74) is 0. The average molecular weight is 348 g/mol. The number of hydrogen-bond donors (Lipinski definition) is 2. The average Bonchev–Trinajstić information content (AvgIpc) is 3.13. The lowest BCUT2D eigenvalue weighted by Crippen LogP contribution is -2.34. The zero-order valence-electron chi connectivity index (χ0n) is 15.6. The largest absolute Gasteiger partial charge is 0.345 e. The minimum atomic E-state index is -0.224. The molecule has 1 amide bonds. The summed E-state index contributed by atoms with van der Waals surface area (Å²) in [6.45, 7) is 6.25. The number of carbonyl (C=O) groups excluding carboxylic acids is 1. The van der Waals surface area contributed by atoms with Crippen LogP contribution in [0.5, 0.6) is 0 Å². The predicted molar refractivity (Wildman–Crippen MR) is 96.1 cm³/mol. The fourth-order valence-corrected chi connectivity index (χ4v) is 4.18. The van der Waals surface area contributed by atoms with Crippen molar-refractivity contribution in [2.75, 3.05) is 13.1 Å². The molecule has 6 nitrogen and oxygen atoms in total. The molecule has 25 heavy (non-hydrogen) atoms. The Morgan fingerprint density at radius 2 is 1.92 bits per heavy atom. The van der Waals surface area contributed by atoms with E-state index in [1.165, 1.54) is 32.1 Å². The Bertz CT molecular complexity index is 547. The lowest BCUT2D eigenvalue weighted by atomic mass is 9.84. The molecule has 6 heteroatoms. The maximum Gasteiger partial charge on any atom is 0.248 e. The summed E-state index contributed by atoms with van der Waals surface area (Å²) in [4.78, 5) is 16.9. The minimum Gasteiger partial charge on any atom is -0.345 e. The van der Waals surface area contributed by atoms with Gasteiger partial charge in [-0.25, -0.2) is 0 Å². The monoisotopic (exact) mass is 348 g/mol. The van der Waals surface area contributed by atoms with E-state index in [1.54, 1.807) is 0 Å². The summed E-state index contributed by atoms with van der Waals surface area (Å²) in [6.07, 6.45) is 8.99. The molecule has 0 aromatic carbocycles. The molecule has 2 unspecified atom stereocenters. The number of carbonyl (C=O) groups is 1. The molecule has 140 valence electrons. The summed E-state index contributed by atoms with van der Waals surface area (Å²) >= 11 is 0. The highest BCUT2D eigenvalue weighted by molar-refractivity contribution is 5.76. The van der Waals surface area contributed by atoms with Crippen LogP contribution < -0.4 is 10.6 Å². The van der Waals surface area contributed by atoms with Crippen LogP contribution in [0.1, 0.15) is 88.9 Å². The van der Waals surface area contributed by atoms with Crippen LogP contribution in [-0.2, 0) is 4.79 Å². The molecule has 1 saturated heterocycles. The lowest BCUT2D eigenvalue weighted by Gasteiger charge is -2.28. The Hall–Kier alpha value is -1.43. The molecule has 2 heterocycles. The Labute approximate surface area is 150 Å². The second-order valence-electron chi connectivity index (χ2n) is 7.88. The van der Waals surface area contributed by atoms with Crippen molar-refractivity contribution in [3.63, 3.8) is 0 Å². The van der Waals surface area contributed by atoms with Gasteiger partial charge in [-0.1, -0.05) is 31.3 Å². The molecule has 0 bridgehead atoms. The predicted octanol–water partition coefficient (Wildman–Crippen LogP) is 3.32. The normalized spacial score (nSPS) is 22.5. The third-order valence-electron chi connectivity index (χ3n) is 5.87. The van der Waals surface area contributed by atoms with Crippen molar-refractivity contribution in [2.24, 2.45) is 11.8 Å². The molecule has 3 rings (SSSR count). The Morgan fingerprint density at radius 1 is 1.20 bits per heavy atom. The van der Waals surface area contributed by atoms with Crippen LogP contribution in [0.25, 0.3) is 0 Å². The van der Waals surface area contributed by atoms with Gasteiger partial charge < -0.3 is 15.2 Å². The Morgan fingerprint density at radius 3 is 2.64 bits per heavy atom. The maximum absolute atomic E-state index is 12.4. The summed E-state index contributed by atoms with van der Waals surface area (Å²) in [7, 11) is 0. The van der Waals surface area contributed by atoms with Crippen LogP contribution in [0.2, 0.25) is 0 Å². The first-order chi connectivity index (χ1) is 12.1. The highest BCUT2D eigenvalue weighted by atomic mass is 16.5. The van der Waals surface area contributed by atoms with Crippen molar-refractivity contribution in [3.05, 3.63) is 11.7 Å². The number of amides is 1. The SMILES string of the molecule is CC(NC(=O)CC(C)C1CCNCC1)c1nc(C2CCCCC2)no1. The summed E-state index contributed by atoms with van der Waals surface area (Å²) in [6, 6.07) is -0.224. The van der Waals surface area contributed by atoms with Crippen molar-refractivity contribution < 1.29 is 9.32 Å². The fraction of sp³-hybridized carbons (Fsp3) is 0.842. The molecule has 0 spiro atoms. The van der Waals surface area contributed by atoms with Gasteiger partial charge in [-0.3, -0.25) is 4.79 Å². The van der Waals surface area contributed by atoms with E-state index in [-0.39, 0.29) is 11.9 Å². The van der Waals surface area contributed by atoms with Gasteiger partial charge in [0, 0.05) is 12.3 Å². The van der Waals surface area contributed by atoms with E-state index in [0.29, 0.717) is 30.1 Å². The molecule has 1 aromatic heterocycles. The Kier molecular flexibility index (Phi) is 6.45. The second-order valence-corrected chi connectivity index (χ2v) is 7.88. The van der Waals surface area contributed by atoms with Crippen LogP contribution in [-0.4, -0.2) is 29.1 Å². The van der Waals surface area contributed by atoms with Crippen molar-refractivity contribution in [2.45, 2.75) is 77.2 Å². The standard InChI is InChI=1S/C19H32N4O2/c1-13(15-8-10-20-11-9-15)12-17(24)21-14(2)19-22-18(23-25-19)16-6-4-3-5-7-16/h13-16,20H,3-12H2,1-2H3,(H,21,24). The van der Waals surface area contributed by atoms with Crippen LogP contribution in [0.15, 0.2) is 4.52 Å². The van der Waals surface area contributed by atoms with E-state index in [9.17, 15) is 4.79 Å². The van der Waals surface area contributed by atoms with E-state index >= 15 is 0 Å². The third kappa shape index (κ3) is 5.03. The van der Waals surface area contributed by atoms with E-state index in [0.717, 1.165) is 31.8 Å². The number of nitrogens with one attached hydrogen (secondary N) is 2. The molecule has 1 aliphatic heterocycles. The topological polar surface area (TPSA) is 80.0 Å². The van der Waals surface area contributed by atoms with Gasteiger partial charge >= 0.3 is 0 Å². The van der Waals surface area contributed by atoms with Gasteiger partial charge in [0.1, 0.15) is 6.04 Å². The molecule has 2 atom stereocenters. The van der Waals surface area contributed by atoms with Crippen molar-refractivity contribution >= 4 is 5.91 Å². The zero-order chi connectivity index (χ0) is 17.6. The minimum absolute atomic E-state index is 0.0796. The number of nitrogens with zero attached hydrogens (tertiary/aromatic N) is 2. The van der Waals surface area contributed by atoms with Gasteiger partial charge in [0.2, 0.25) is 11.8 Å². The van der Waals surface area contributed by atoms with E-state index in [1.807, 2.05) is 6.92 Å². The smallest absolute Gasteiger partial charge is 0.248 e. The van der Waals surface area contributed by atoms with E-state index in [2.05, 4.69) is 27.7 Å². The summed E-state index contributed by atoms with van der Waals surface area (Å²) in [5, 5.41) is 10.6. The molecule has 0 radical (unpaired) electrons. The molecule has 1 aliphatic carbocycles. The van der Waals surface area contributed by atoms with Crippen LogP contribution >= 0.6 is 0 Å². The highest BCUT2D eigenvalue weighted by Gasteiger charge is 2.25. The summed E-state index contributed by atoms with van der Waals surface area (Å²) in [5.74, 6) is 2.91. The fourth-order valence-electron chi connectivity index (χ4n) is 4.18. The van der Waals surface area contributed by atoms with Crippen LogP contribution in [0, 0.1) is 11.8 Å². The quantitative estimate of drug-likeness (QED) is 0.824. The highest BCUT2D eigenvalue weighted by Crippen LogP contribution is 2.31. The first-order valence-corrected chi connectivity index (χ1v) is 9.97. The molecule has 1 aromatic rings. The first-order valence-electron chi connectivity index (χ1n) is 9.97. The van der Waals surface area contributed by atoms with Crippen molar-refractivity contribution in [3.8, 4) is 0 Å². The molecular weight excluding hydrogens is 316 g/mol.